The Bertz CT molecular complexity index is 742. The van der Waals surface area contributed by atoms with Crippen molar-refractivity contribution in [2.75, 3.05) is 32.8 Å². The summed E-state index contributed by atoms with van der Waals surface area (Å²) in [5.41, 5.74) is 3.24. The van der Waals surface area contributed by atoms with Gasteiger partial charge in [-0.3, -0.25) is 4.79 Å². The van der Waals surface area contributed by atoms with Gasteiger partial charge >= 0.3 is 0 Å². The van der Waals surface area contributed by atoms with Gasteiger partial charge in [0.1, 0.15) is 5.01 Å². The molecule has 0 saturated carbocycles. The first-order chi connectivity index (χ1) is 13.0. The van der Waals surface area contributed by atoms with E-state index < -0.39 is 0 Å². The predicted octanol–water partition coefficient (Wildman–Crippen LogP) is 2.91. The number of hydrogen-bond acceptors (Lipinski definition) is 5. The molecule has 1 aromatic heterocycles. The van der Waals surface area contributed by atoms with Crippen LogP contribution in [0.25, 0.3) is 10.6 Å². The molecule has 1 amide bonds. The molecule has 3 rings (SSSR count). The summed E-state index contributed by atoms with van der Waals surface area (Å²) in [6, 6.07) is 8.50. The highest BCUT2D eigenvalue weighted by Crippen LogP contribution is 2.26. The average molecular weight is 388 g/mol. The van der Waals surface area contributed by atoms with Gasteiger partial charge in [-0.1, -0.05) is 38.1 Å². The van der Waals surface area contributed by atoms with Crippen molar-refractivity contribution < 1.29 is 9.90 Å². The first kappa shape index (κ1) is 20.0. The van der Waals surface area contributed by atoms with Gasteiger partial charge in [-0.05, 0) is 30.4 Å². The van der Waals surface area contributed by atoms with Gasteiger partial charge in [0, 0.05) is 37.2 Å². The minimum absolute atomic E-state index is 0.0138. The molecule has 146 valence electrons. The number of nitrogens with zero attached hydrogens (tertiary/aromatic N) is 2. The number of aliphatic hydroxyl groups is 1. The molecule has 1 aliphatic heterocycles. The molecule has 1 unspecified atom stereocenters. The van der Waals surface area contributed by atoms with Gasteiger partial charge in [0.25, 0.3) is 0 Å². The fraction of sp³-hybridized carbons (Fsp3) is 0.524. The molecule has 1 aromatic carbocycles. The second kappa shape index (κ2) is 9.44. The van der Waals surface area contributed by atoms with E-state index in [1.54, 1.807) is 11.3 Å². The highest BCUT2D eigenvalue weighted by atomic mass is 32.1. The molecule has 27 heavy (non-hydrogen) atoms. The van der Waals surface area contributed by atoms with Crippen molar-refractivity contribution in [1.29, 1.82) is 0 Å². The highest BCUT2D eigenvalue weighted by molar-refractivity contribution is 7.13. The number of aliphatic hydroxyl groups excluding tert-OH is 1. The van der Waals surface area contributed by atoms with Crippen LogP contribution in [0.3, 0.4) is 0 Å². The van der Waals surface area contributed by atoms with Gasteiger partial charge in [0.05, 0.1) is 12.1 Å². The van der Waals surface area contributed by atoms with Crippen LogP contribution in [0, 0.1) is 5.92 Å². The first-order valence-electron chi connectivity index (χ1n) is 9.69. The summed E-state index contributed by atoms with van der Waals surface area (Å²) in [4.78, 5) is 19.1. The van der Waals surface area contributed by atoms with Crippen LogP contribution in [0.1, 0.15) is 37.4 Å². The lowest BCUT2D eigenvalue weighted by Gasteiger charge is -2.15. The number of nitrogens with one attached hydrogen (secondary N) is 1. The molecule has 0 radical (unpaired) electrons. The van der Waals surface area contributed by atoms with Gasteiger partial charge in [-0.25, -0.2) is 4.98 Å². The summed E-state index contributed by atoms with van der Waals surface area (Å²) in [5.74, 6) is 0.924. The average Bonchev–Trinajstić information content (AvgIpc) is 3.31. The van der Waals surface area contributed by atoms with Crippen LogP contribution in [0.5, 0.6) is 0 Å². The zero-order valence-corrected chi connectivity index (χ0v) is 17.0. The van der Waals surface area contributed by atoms with Crippen LogP contribution in [-0.4, -0.2) is 53.7 Å². The van der Waals surface area contributed by atoms with Crippen molar-refractivity contribution in [2.24, 2.45) is 5.92 Å². The Hall–Kier alpha value is -1.76. The quantitative estimate of drug-likeness (QED) is 0.731. The number of likely N-dealkylation sites (tertiary alicyclic amines) is 1. The van der Waals surface area contributed by atoms with Crippen molar-refractivity contribution >= 4 is 17.2 Å². The topological polar surface area (TPSA) is 65.5 Å². The third-order valence-electron chi connectivity index (χ3n) is 5.10. The summed E-state index contributed by atoms with van der Waals surface area (Å²) in [7, 11) is 0. The van der Waals surface area contributed by atoms with Crippen molar-refractivity contribution in [2.45, 2.75) is 32.6 Å². The molecular formula is C21H29N3O2S. The van der Waals surface area contributed by atoms with E-state index in [9.17, 15) is 9.90 Å². The summed E-state index contributed by atoms with van der Waals surface area (Å²) in [6.07, 6.45) is 1.37. The van der Waals surface area contributed by atoms with Gasteiger partial charge in [0.15, 0.2) is 0 Å². The van der Waals surface area contributed by atoms with E-state index in [0.717, 1.165) is 42.3 Å². The van der Waals surface area contributed by atoms with Crippen LogP contribution in [0.15, 0.2) is 29.6 Å². The maximum Gasteiger partial charge on any atom is 0.226 e. The molecule has 0 aliphatic carbocycles. The van der Waals surface area contributed by atoms with E-state index >= 15 is 0 Å². The zero-order chi connectivity index (χ0) is 19.2. The van der Waals surface area contributed by atoms with E-state index in [4.69, 9.17) is 0 Å². The molecule has 2 aromatic rings. The smallest absolute Gasteiger partial charge is 0.226 e. The molecule has 1 atom stereocenters. The van der Waals surface area contributed by atoms with E-state index in [1.165, 1.54) is 5.56 Å². The Morgan fingerprint density at radius 2 is 2.15 bits per heavy atom. The minimum Gasteiger partial charge on any atom is -0.396 e. The summed E-state index contributed by atoms with van der Waals surface area (Å²) < 4.78 is 0. The summed E-state index contributed by atoms with van der Waals surface area (Å²) in [6.45, 7) is 8.05. The standard InChI is InChI=1S/C21H29N3O2S/c1-15(2)17-3-5-18(6-4-17)21-23-19(14-27-21)11-20(26)22-8-10-24-9-7-16(12-24)13-25/h3-6,14-16,25H,7-13H2,1-2H3,(H,22,26). The van der Waals surface area contributed by atoms with Crippen LogP contribution >= 0.6 is 11.3 Å². The fourth-order valence-electron chi connectivity index (χ4n) is 3.38. The van der Waals surface area contributed by atoms with Gasteiger partial charge < -0.3 is 15.3 Å². The third kappa shape index (κ3) is 5.61. The van der Waals surface area contributed by atoms with Crippen molar-refractivity contribution in [3.8, 4) is 10.6 Å². The third-order valence-corrected chi connectivity index (χ3v) is 6.04. The molecule has 5 nitrogen and oxygen atoms in total. The van der Waals surface area contributed by atoms with E-state index in [-0.39, 0.29) is 12.5 Å². The highest BCUT2D eigenvalue weighted by Gasteiger charge is 2.21. The SMILES string of the molecule is CC(C)c1ccc(-c2nc(CC(=O)NCCN3CCC(CO)C3)cs2)cc1. The van der Waals surface area contributed by atoms with Crippen molar-refractivity contribution in [3.63, 3.8) is 0 Å². The van der Waals surface area contributed by atoms with Gasteiger partial charge in [-0.15, -0.1) is 11.3 Å². The Morgan fingerprint density at radius 1 is 1.37 bits per heavy atom. The van der Waals surface area contributed by atoms with Crippen LogP contribution in [0.4, 0.5) is 0 Å². The predicted molar refractivity (Wildman–Crippen MR) is 110 cm³/mol. The fourth-order valence-corrected chi connectivity index (χ4v) is 4.20. The number of amides is 1. The number of hydrogen-bond donors (Lipinski definition) is 2. The number of aromatic nitrogens is 1. The molecule has 0 bridgehead atoms. The minimum atomic E-state index is 0.0138. The lowest BCUT2D eigenvalue weighted by Crippen LogP contribution is -2.34. The van der Waals surface area contributed by atoms with Crippen molar-refractivity contribution in [1.82, 2.24) is 15.2 Å². The lowest BCUT2D eigenvalue weighted by molar-refractivity contribution is -0.120. The van der Waals surface area contributed by atoms with Gasteiger partial charge in [0.2, 0.25) is 5.91 Å². The maximum atomic E-state index is 12.2. The Labute approximate surface area is 165 Å². The second-order valence-corrected chi connectivity index (χ2v) is 8.44. The molecular weight excluding hydrogens is 358 g/mol. The first-order valence-corrected chi connectivity index (χ1v) is 10.6. The van der Waals surface area contributed by atoms with Crippen molar-refractivity contribution in [3.05, 3.63) is 40.9 Å². The molecule has 1 saturated heterocycles. The molecule has 6 heteroatoms. The van der Waals surface area contributed by atoms with E-state index in [0.29, 0.717) is 24.8 Å². The number of thiazole rings is 1. The van der Waals surface area contributed by atoms with Crippen LogP contribution in [-0.2, 0) is 11.2 Å². The lowest BCUT2D eigenvalue weighted by atomic mass is 10.0. The monoisotopic (exact) mass is 387 g/mol. The Morgan fingerprint density at radius 3 is 2.81 bits per heavy atom. The molecule has 2 N–H and O–H groups in total. The molecule has 1 aliphatic rings. The largest absolute Gasteiger partial charge is 0.396 e. The summed E-state index contributed by atoms with van der Waals surface area (Å²) >= 11 is 1.58. The van der Waals surface area contributed by atoms with E-state index in [1.807, 2.05) is 5.38 Å². The summed E-state index contributed by atoms with van der Waals surface area (Å²) in [5, 5.41) is 15.1. The Kier molecular flexibility index (Phi) is 6.99. The zero-order valence-electron chi connectivity index (χ0n) is 16.1. The normalized spacial score (nSPS) is 17.6. The molecule has 2 heterocycles. The molecule has 1 fully saturated rings. The van der Waals surface area contributed by atoms with Crippen LogP contribution < -0.4 is 5.32 Å². The molecule has 0 spiro atoms. The number of carbonyl (C=O) groups excluding carboxylic acids is 1. The van der Waals surface area contributed by atoms with Crippen LogP contribution in [0.2, 0.25) is 0 Å². The van der Waals surface area contributed by atoms with Gasteiger partial charge in [-0.2, -0.15) is 0 Å². The second-order valence-electron chi connectivity index (χ2n) is 7.59. The number of rotatable bonds is 8. The maximum absolute atomic E-state index is 12.2. The Balaban J connectivity index is 1.45. The number of carbonyl (C=O) groups is 1. The number of benzene rings is 1. The van der Waals surface area contributed by atoms with E-state index in [2.05, 4.69) is 53.3 Å².